The molecule has 2 atom stereocenters. The minimum atomic E-state index is -1.65. The number of hydrogen-bond acceptors (Lipinski definition) is 2. The fourth-order valence-corrected chi connectivity index (χ4v) is 1.49. The van der Waals surface area contributed by atoms with Gasteiger partial charge in [0.25, 0.3) is 0 Å². The molecule has 0 aromatic carbocycles. The van der Waals surface area contributed by atoms with Gasteiger partial charge in [0.05, 0.1) is 6.10 Å². The van der Waals surface area contributed by atoms with Gasteiger partial charge in [-0.05, 0) is 0 Å². The molecule has 1 fully saturated rings. The zero-order chi connectivity index (χ0) is 9.30. The van der Waals surface area contributed by atoms with Gasteiger partial charge < -0.3 is 10.8 Å². The molecule has 3 N–H and O–H groups in total. The number of rotatable bonds is 1. The van der Waals surface area contributed by atoms with Crippen LogP contribution in [0.3, 0.4) is 0 Å². The topological polar surface area (TPSA) is 63.3 Å². The quantitative estimate of drug-likeness (QED) is 0.591. The van der Waals surface area contributed by atoms with Gasteiger partial charge in [-0.25, -0.2) is 8.78 Å². The second kappa shape index (κ2) is 3.35. The van der Waals surface area contributed by atoms with Gasteiger partial charge in [0.2, 0.25) is 5.91 Å². The molecule has 0 aromatic heterocycles. The predicted octanol–water partition coefficient (Wildman–Crippen LogP) is -0.0812. The fraction of sp³-hybridized carbons (Fsp3) is 0.857. The third kappa shape index (κ3) is 1.72. The zero-order valence-electron chi connectivity index (χ0n) is 6.41. The molecule has 1 aliphatic carbocycles. The van der Waals surface area contributed by atoms with E-state index in [0.29, 0.717) is 0 Å². The van der Waals surface area contributed by atoms with Crippen molar-refractivity contribution >= 4 is 5.91 Å². The largest absolute Gasteiger partial charge is 0.393 e. The van der Waals surface area contributed by atoms with Crippen molar-refractivity contribution in [1.29, 1.82) is 0 Å². The molecule has 12 heavy (non-hydrogen) atoms. The average Bonchev–Trinajstić information content (AvgIpc) is 1.82. The molecule has 0 aliphatic heterocycles. The summed E-state index contributed by atoms with van der Waals surface area (Å²) in [4.78, 5) is 10.5. The monoisotopic (exact) mass is 179 g/mol. The van der Waals surface area contributed by atoms with E-state index in [2.05, 4.69) is 0 Å². The highest BCUT2D eigenvalue weighted by Crippen LogP contribution is 2.29. The van der Waals surface area contributed by atoms with Crippen molar-refractivity contribution < 1.29 is 18.7 Å². The lowest BCUT2D eigenvalue weighted by molar-refractivity contribution is -0.130. The standard InChI is InChI=1S/C7H11F2NO2/c8-4-1-3(11)2-5(9)6(4)7(10)12/h3-6,11H,1-2H2,(H2,10,12). The summed E-state index contributed by atoms with van der Waals surface area (Å²) in [6.07, 6.45) is -4.70. The Hall–Kier alpha value is -0.710. The molecule has 0 aromatic rings. The molecular formula is C7H11F2NO2. The first-order chi connectivity index (χ1) is 5.52. The van der Waals surface area contributed by atoms with Crippen LogP contribution in [0.2, 0.25) is 0 Å². The summed E-state index contributed by atoms with van der Waals surface area (Å²) in [6.45, 7) is 0. The van der Waals surface area contributed by atoms with Gasteiger partial charge in [-0.15, -0.1) is 0 Å². The molecule has 0 saturated heterocycles. The van der Waals surface area contributed by atoms with Gasteiger partial charge in [0.1, 0.15) is 18.3 Å². The van der Waals surface area contributed by atoms with E-state index in [1.165, 1.54) is 0 Å². The van der Waals surface area contributed by atoms with Crippen LogP contribution in [0.1, 0.15) is 12.8 Å². The van der Waals surface area contributed by atoms with E-state index in [1.807, 2.05) is 0 Å². The lowest BCUT2D eigenvalue weighted by Crippen LogP contribution is -2.45. The van der Waals surface area contributed by atoms with E-state index >= 15 is 0 Å². The van der Waals surface area contributed by atoms with Crippen LogP contribution in [0.5, 0.6) is 0 Å². The second-order valence-electron chi connectivity index (χ2n) is 3.09. The molecule has 1 rings (SSSR count). The molecule has 5 heteroatoms. The van der Waals surface area contributed by atoms with E-state index in [9.17, 15) is 13.6 Å². The van der Waals surface area contributed by atoms with Crippen molar-refractivity contribution in [3.05, 3.63) is 0 Å². The molecule has 1 amide bonds. The summed E-state index contributed by atoms with van der Waals surface area (Å²) in [6, 6.07) is 0. The third-order valence-corrected chi connectivity index (χ3v) is 2.10. The molecule has 1 aliphatic rings. The van der Waals surface area contributed by atoms with Crippen molar-refractivity contribution in [3.63, 3.8) is 0 Å². The SMILES string of the molecule is NC(=O)C1C(F)CC(O)CC1F. The highest BCUT2D eigenvalue weighted by Gasteiger charge is 2.41. The third-order valence-electron chi connectivity index (χ3n) is 2.10. The summed E-state index contributed by atoms with van der Waals surface area (Å²) in [5.74, 6) is -2.35. The summed E-state index contributed by atoms with van der Waals surface area (Å²) < 4.78 is 25.8. The Morgan fingerprint density at radius 1 is 1.33 bits per heavy atom. The maximum atomic E-state index is 12.9. The normalized spacial score (nSPS) is 42.6. The van der Waals surface area contributed by atoms with Crippen LogP contribution in [0.25, 0.3) is 0 Å². The molecule has 0 bridgehead atoms. The van der Waals surface area contributed by atoms with E-state index in [-0.39, 0.29) is 12.8 Å². The lowest BCUT2D eigenvalue weighted by Gasteiger charge is -2.29. The molecule has 2 unspecified atom stereocenters. The van der Waals surface area contributed by atoms with E-state index in [1.54, 1.807) is 0 Å². The van der Waals surface area contributed by atoms with Crippen LogP contribution in [-0.2, 0) is 4.79 Å². The molecule has 70 valence electrons. The predicted molar refractivity (Wildman–Crippen MR) is 37.7 cm³/mol. The van der Waals surface area contributed by atoms with Gasteiger partial charge in [0, 0.05) is 12.8 Å². The molecule has 0 radical (unpaired) electrons. The Bertz CT molecular complexity index is 176. The minimum Gasteiger partial charge on any atom is -0.393 e. The zero-order valence-corrected chi connectivity index (χ0v) is 6.41. The Kier molecular flexibility index (Phi) is 2.62. The Labute approximate surface area is 68.5 Å². The maximum absolute atomic E-state index is 12.9. The van der Waals surface area contributed by atoms with Crippen LogP contribution in [0, 0.1) is 5.92 Å². The number of halogens is 2. The van der Waals surface area contributed by atoms with Crippen molar-refractivity contribution in [1.82, 2.24) is 0 Å². The van der Waals surface area contributed by atoms with Crippen molar-refractivity contribution in [2.75, 3.05) is 0 Å². The van der Waals surface area contributed by atoms with Gasteiger partial charge in [-0.2, -0.15) is 0 Å². The van der Waals surface area contributed by atoms with Crippen LogP contribution >= 0.6 is 0 Å². The van der Waals surface area contributed by atoms with E-state index < -0.39 is 30.3 Å². The number of aliphatic hydroxyl groups excluding tert-OH is 1. The summed E-state index contributed by atoms with van der Waals surface area (Å²) in [5, 5.41) is 8.92. The Morgan fingerprint density at radius 2 is 1.75 bits per heavy atom. The fourth-order valence-electron chi connectivity index (χ4n) is 1.49. The first-order valence-electron chi connectivity index (χ1n) is 3.78. The Balaban J connectivity index is 2.66. The number of aliphatic hydroxyl groups is 1. The molecule has 0 heterocycles. The van der Waals surface area contributed by atoms with Gasteiger partial charge in [-0.1, -0.05) is 0 Å². The first-order valence-corrected chi connectivity index (χ1v) is 3.78. The van der Waals surface area contributed by atoms with Gasteiger partial charge in [0.15, 0.2) is 0 Å². The van der Waals surface area contributed by atoms with Gasteiger partial charge >= 0.3 is 0 Å². The molecule has 0 spiro atoms. The number of hydrogen-bond donors (Lipinski definition) is 2. The summed E-state index contributed by atoms with van der Waals surface area (Å²) in [7, 11) is 0. The Morgan fingerprint density at radius 3 is 2.08 bits per heavy atom. The van der Waals surface area contributed by atoms with Crippen LogP contribution in [0.15, 0.2) is 0 Å². The number of carbonyl (C=O) groups is 1. The number of nitrogens with two attached hydrogens (primary N) is 1. The molecular weight excluding hydrogens is 168 g/mol. The van der Waals surface area contributed by atoms with E-state index in [0.717, 1.165) is 0 Å². The number of alkyl halides is 2. The van der Waals surface area contributed by atoms with Crippen molar-refractivity contribution in [2.24, 2.45) is 11.7 Å². The van der Waals surface area contributed by atoms with Crippen LogP contribution in [-0.4, -0.2) is 29.5 Å². The average molecular weight is 179 g/mol. The lowest BCUT2D eigenvalue weighted by atomic mass is 9.84. The second-order valence-corrected chi connectivity index (χ2v) is 3.09. The summed E-state index contributed by atoms with van der Waals surface area (Å²) >= 11 is 0. The van der Waals surface area contributed by atoms with Crippen LogP contribution in [0.4, 0.5) is 8.78 Å². The first kappa shape index (κ1) is 9.38. The summed E-state index contributed by atoms with van der Waals surface area (Å²) in [5.41, 5.74) is 4.79. The molecule has 3 nitrogen and oxygen atoms in total. The smallest absolute Gasteiger partial charge is 0.226 e. The molecule has 1 saturated carbocycles. The number of amides is 1. The maximum Gasteiger partial charge on any atom is 0.226 e. The minimum absolute atomic E-state index is 0.200. The van der Waals surface area contributed by atoms with Crippen molar-refractivity contribution in [3.8, 4) is 0 Å². The van der Waals surface area contributed by atoms with Crippen LogP contribution < -0.4 is 5.73 Å². The number of carbonyl (C=O) groups excluding carboxylic acids is 1. The number of primary amides is 1. The van der Waals surface area contributed by atoms with E-state index in [4.69, 9.17) is 10.8 Å². The van der Waals surface area contributed by atoms with Gasteiger partial charge in [-0.3, -0.25) is 4.79 Å². The van der Waals surface area contributed by atoms with Crippen molar-refractivity contribution in [2.45, 2.75) is 31.3 Å². The highest BCUT2D eigenvalue weighted by atomic mass is 19.1. The highest BCUT2D eigenvalue weighted by molar-refractivity contribution is 5.78.